The van der Waals surface area contributed by atoms with Crippen molar-refractivity contribution in [2.45, 2.75) is 72.3 Å². The summed E-state index contributed by atoms with van der Waals surface area (Å²) in [4.78, 5) is 4.85. The summed E-state index contributed by atoms with van der Waals surface area (Å²) in [6.45, 7) is 13.8. The van der Waals surface area contributed by atoms with E-state index in [4.69, 9.17) is 10.7 Å². The van der Waals surface area contributed by atoms with Crippen molar-refractivity contribution in [1.29, 1.82) is 0 Å². The van der Waals surface area contributed by atoms with Crippen LogP contribution in [0.3, 0.4) is 0 Å². The van der Waals surface area contributed by atoms with Crippen molar-refractivity contribution in [3.8, 4) is 0 Å². The van der Waals surface area contributed by atoms with Gasteiger partial charge >= 0.3 is 0 Å². The topological polar surface area (TPSA) is 43.8 Å². The number of nitrogens with zero attached hydrogens (tertiary/aromatic N) is 2. The number of nitrogens with two attached hydrogens (primary N) is 1. The Kier molecular flexibility index (Phi) is 4.80. The Balaban J connectivity index is 2.15. The molecule has 0 aliphatic heterocycles. The standard InChI is InChI=1S/C18H31N3/c1-6-12-21-15(7-2)20-16(17(21)19)13-8-10-14(11-9-13)18(3,4)5/h6,13-14H,1,7-12,19H2,2-5H3. The molecule has 1 fully saturated rings. The minimum Gasteiger partial charge on any atom is -0.384 e. The van der Waals surface area contributed by atoms with E-state index in [0.717, 1.165) is 36.2 Å². The number of nitrogen functional groups attached to an aromatic ring is 1. The van der Waals surface area contributed by atoms with E-state index in [-0.39, 0.29) is 0 Å². The number of anilines is 1. The molecule has 1 heterocycles. The molecule has 118 valence electrons. The molecule has 0 amide bonds. The second-order valence-electron chi connectivity index (χ2n) is 7.47. The van der Waals surface area contributed by atoms with Crippen LogP contribution in [0.5, 0.6) is 0 Å². The largest absolute Gasteiger partial charge is 0.384 e. The van der Waals surface area contributed by atoms with Gasteiger partial charge in [0.2, 0.25) is 0 Å². The van der Waals surface area contributed by atoms with Crippen LogP contribution in [0.2, 0.25) is 0 Å². The van der Waals surface area contributed by atoms with Crippen LogP contribution >= 0.6 is 0 Å². The van der Waals surface area contributed by atoms with Gasteiger partial charge in [0.05, 0.1) is 5.69 Å². The predicted molar refractivity (Wildman–Crippen MR) is 90.4 cm³/mol. The summed E-state index contributed by atoms with van der Waals surface area (Å²) < 4.78 is 2.12. The lowest BCUT2D eigenvalue weighted by Crippen LogP contribution is -2.25. The van der Waals surface area contributed by atoms with Crippen LogP contribution < -0.4 is 5.73 Å². The summed E-state index contributed by atoms with van der Waals surface area (Å²) >= 11 is 0. The van der Waals surface area contributed by atoms with Crippen LogP contribution in [-0.2, 0) is 13.0 Å². The molecule has 3 heteroatoms. The van der Waals surface area contributed by atoms with E-state index in [9.17, 15) is 0 Å². The molecular weight excluding hydrogens is 258 g/mol. The summed E-state index contributed by atoms with van der Waals surface area (Å²) in [7, 11) is 0. The molecule has 1 aromatic heterocycles. The fourth-order valence-corrected chi connectivity index (χ4v) is 3.67. The molecule has 0 bridgehead atoms. The van der Waals surface area contributed by atoms with Crippen LogP contribution in [-0.4, -0.2) is 9.55 Å². The van der Waals surface area contributed by atoms with Gasteiger partial charge in [-0.15, -0.1) is 6.58 Å². The van der Waals surface area contributed by atoms with Crippen LogP contribution in [0.1, 0.15) is 70.8 Å². The van der Waals surface area contributed by atoms with Gasteiger partial charge in [0, 0.05) is 18.9 Å². The van der Waals surface area contributed by atoms with Crippen LogP contribution in [0, 0.1) is 11.3 Å². The van der Waals surface area contributed by atoms with Crippen molar-refractivity contribution in [2.24, 2.45) is 11.3 Å². The van der Waals surface area contributed by atoms with E-state index in [2.05, 4.69) is 38.8 Å². The molecule has 1 aliphatic carbocycles. The number of rotatable bonds is 4. The van der Waals surface area contributed by atoms with Crippen molar-refractivity contribution in [3.05, 3.63) is 24.2 Å². The summed E-state index contributed by atoms with van der Waals surface area (Å²) in [6, 6.07) is 0. The van der Waals surface area contributed by atoms with Gasteiger partial charge in [-0.2, -0.15) is 0 Å². The Morgan fingerprint density at radius 3 is 2.38 bits per heavy atom. The predicted octanol–water partition coefficient (Wildman–Crippen LogP) is 4.53. The van der Waals surface area contributed by atoms with E-state index in [0.29, 0.717) is 11.3 Å². The molecule has 0 unspecified atom stereocenters. The molecule has 0 aromatic carbocycles. The van der Waals surface area contributed by atoms with Gasteiger partial charge in [0.15, 0.2) is 0 Å². The molecule has 2 rings (SSSR count). The third-order valence-corrected chi connectivity index (χ3v) is 5.08. The van der Waals surface area contributed by atoms with Crippen molar-refractivity contribution in [2.75, 3.05) is 5.73 Å². The average molecular weight is 289 g/mol. The number of imidazole rings is 1. The van der Waals surface area contributed by atoms with E-state index in [1.54, 1.807) is 0 Å². The first-order chi connectivity index (χ1) is 9.88. The normalized spacial score (nSPS) is 23.2. The maximum absolute atomic E-state index is 6.37. The zero-order chi connectivity index (χ0) is 15.6. The summed E-state index contributed by atoms with van der Waals surface area (Å²) in [5, 5.41) is 0. The van der Waals surface area contributed by atoms with Crippen molar-refractivity contribution < 1.29 is 0 Å². The lowest BCUT2D eigenvalue weighted by molar-refractivity contribution is 0.168. The maximum atomic E-state index is 6.37. The highest BCUT2D eigenvalue weighted by molar-refractivity contribution is 5.41. The van der Waals surface area contributed by atoms with Crippen LogP contribution in [0.15, 0.2) is 12.7 Å². The molecule has 1 saturated carbocycles. The number of aromatic nitrogens is 2. The SMILES string of the molecule is C=CCn1c(CC)nc(C2CCC(C(C)(C)C)CC2)c1N. The maximum Gasteiger partial charge on any atom is 0.127 e. The fourth-order valence-electron chi connectivity index (χ4n) is 3.67. The molecule has 0 atom stereocenters. The lowest BCUT2D eigenvalue weighted by Gasteiger charge is -2.36. The molecule has 1 aromatic rings. The van der Waals surface area contributed by atoms with Gasteiger partial charge in [0.1, 0.15) is 11.6 Å². The molecule has 1 aliphatic rings. The van der Waals surface area contributed by atoms with Crippen molar-refractivity contribution >= 4 is 5.82 Å². The highest BCUT2D eigenvalue weighted by atomic mass is 15.1. The van der Waals surface area contributed by atoms with E-state index in [1.165, 1.54) is 25.7 Å². The third kappa shape index (κ3) is 3.33. The molecule has 0 spiro atoms. The number of hydrogen-bond donors (Lipinski definition) is 1. The number of aryl methyl sites for hydroxylation is 1. The highest BCUT2D eigenvalue weighted by Gasteiger charge is 2.32. The monoisotopic (exact) mass is 289 g/mol. The fraction of sp³-hybridized carbons (Fsp3) is 0.722. The molecular formula is C18H31N3. The first-order valence-electron chi connectivity index (χ1n) is 8.34. The first-order valence-corrected chi connectivity index (χ1v) is 8.34. The van der Waals surface area contributed by atoms with Gasteiger partial charge < -0.3 is 10.3 Å². The van der Waals surface area contributed by atoms with Gasteiger partial charge in [0.25, 0.3) is 0 Å². The van der Waals surface area contributed by atoms with Gasteiger partial charge in [-0.05, 0) is 37.0 Å². The molecule has 3 nitrogen and oxygen atoms in total. The van der Waals surface area contributed by atoms with E-state index in [1.807, 2.05) is 6.08 Å². The van der Waals surface area contributed by atoms with Crippen LogP contribution in [0.25, 0.3) is 0 Å². The average Bonchev–Trinajstić information content (AvgIpc) is 2.76. The Morgan fingerprint density at radius 1 is 1.29 bits per heavy atom. The van der Waals surface area contributed by atoms with Gasteiger partial charge in [-0.3, -0.25) is 0 Å². The third-order valence-electron chi connectivity index (χ3n) is 5.08. The second kappa shape index (κ2) is 6.25. The zero-order valence-corrected chi connectivity index (χ0v) is 14.2. The second-order valence-corrected chi connectivity index (χ2v) is 7.47. The molecule has 2 N–H and O–H groups in total. The van der Waals surface area contributed by atoms with Crippen molar-refractivity contribution in [1.82, 2.24) is 9.55 Å². The molecule has 21 heavy (non-hydrogen) atoms. The number of allylic oxidation sites excluding steroid dienone is 1. The van der Waals surface area contributed by atoms with Gasteiger partial charge in [-0.25, -0.2) is 4.98 Å². The minimum absolute atomic E-state index is 0.424. The molecule has 0 saturated heterocycles. The number of hydrogen-bond acceptors (Lipinski definition) is 2. The zero-order valence-electron chi connectivity index (χ0n) is 14.2. The summed E-state index contributed by atoms with van der Waals surface area (Å²) in [6.07, 6.45) is 7.86. The minimum atomic E-state index is 0.424. The Bertz CT molecular complexity index is 485. The van der Waals surface area contributed by atoms with Crippen LogP contribution in [0.4, 0.5) is 5.82 Å². The van der Waals surface area contributed by atoms with Gasteiger partial charge in [-0.1, -0.05) is 33.8 Å². The Hall–Kier alpha value is -1.25. The van der Waals surface area contributed by atoms with E-state index < -0.39 is 0 Å². The Morgan fingerprint density at radius 2 is 1.90 bits per heavy atom. The van der Waals surface area contributed by atoms with Crippen molar-refractivity contribution in [3.63, 3.8) is 0 Å². The molecule has 0 radical (unpaired) electrons. The first kappa shape index (κ1) is 16.1. The summed E-state index contributed by atoms with van der Waals surface area (Å²) in [5.74, 6) is 3.34. The smallest absolute Gasteiger partial charge is 0.127 e. The highest BCUT2D eigenvalue weighted by Crippen LogP contribution is 2.44. The lowest BCUT2D eigenvalue weighted by atomic mass is 9.69. The Labute approximate surface area is 129 Å². The van der Waals surface area contributed by atoms with E-state index >= 15 is 0 Å². The summed E-state index contributed by atoms with van der Waals surface area (Å²) in [5.41, 5.74) is 7.93. The quantitative estimate of drug-likeness (QED) is 0.827.